The van der Waals surface area contributed by atoms with Gasteiger partial charge in [0.25, 0.3) is 0 Å². The lowest BCUT2D eigenvalue weighted by atomic mass is 9.95. The standard InChI is InChI=1S/C19H21N/c1-20(2)13-7-9-16-14-15-8-3-4-10-17(15)19-12-6-5-11-18(16)19/h3-6,8,10-12,14H,7,9,13H2,1-2H3. The first kappa shape index (κ1) is 13.1. The normalized spacial score (nSPS) is 11.6. The molecule has 0 saturated carbocycles. The molecule has 0 spiro atoms. The molecule has 0 heterocycles. The molecule has 20 heavy (non-hydrogen) atoms. The Balaban J connectivity index is 2.09. The molecule has 0 aliphatic carbocycles. The van der Waals surface area contributed by atoms with Crippen LogP contribution in [0, 0.1) is 0 Å². The first-order chi connectivity index (χ1) is 9.75. The lowest BCUT2D eigenvalue weighted by Crippen LogP contribution is -2.13. The summed E-state index contributed by atoms with van der Waals surface area (Å²) in [6.45, 7) is 1.14. The van der Waals surface area contributed by atoms with Crippen molar-refractivity contribution in [3.8, 4) is 0 Å². The second-order valence-electron chi connectivity index (χ2n) is 5.71. The van der Waals surface area contributed by atoms with E-state index < -0.39 is 0 Å². The van der Waals surface area contributed by atoms with Crippen molar-refractivity contribution in [1.29, 1.82) is 0 Å². The number of rotatable bonds is 4. The van der Waals surface area contributed by atoms with Crippen LogP contribution < -0.4 is 0 Å². The molecule has 0 aliphatic rings. The summed E-state index contributed by atoms with van der Waals surface area (Å²) >= 11 is 0. The van der Waals surface area contributed by atoms with Crippen LogP contribution in [0.1, 0.15) is 12.0 Å². The van der Waals surface area contributed by atoms with Crippen molar-refractivity contribution in [1.82, 2.24) is 4.90 Å². The molecule has 1 heteroatoms. The molecule has 0 aliphatic heterocycles. The molecular formula is C19H21N. The number of hydrogen-bond acceptors (Lipinski definition) is 1. The van der Waals surface area contributed by atoms with Crippen LogP contribution in [0.3, 0.4) is 0 Å². The van der Waals surface area contributed by atoms with Crippen molar-refractivity contribution in [2.45, 2.75) is 12.8 Å². The van der Waals surface area contributed by atoms with Gasteiger partial charge in [-0.05, 0) is 60.6 Å². The van der Waals surface area contributed by atoms with E-state index in [1.54, 1.807) is 0 Å². The molecule has 0 radical (unpaired) electrons. The molecule has 3 aromatic rings. The van der Waals surface area contributed by atoms with Gasteiger partial charge in [-0.25, -0.2) is 0 Å². The predicted molar refractivity (Wildman–Crippen MR) is 88.3 cm³/mol. The molecule has 102 valence electrons. The van der Waals surface area contributed by atoms with Crippen molar-refractivity contribution >= 4 is 21.5 Å². The molecule has 0 aromatic heterocycles. The van der Waals surface area contributed by atoms with Gasteiger partial charge in [0.15, 0.2) is 0 Å². The van der Waals surface area contributed by atoms with Crippen LogP contribution >= 0.6 is 0 Å². The Kier molecular flexibility index (Phi) is 3.70. The van der Waals surface area contributed by atoms with E-state index in [2.05, 4.69) is 73.6 Å². The summed E-state index contributed by atoms with van der Waals surface area (Å²) in [5.41, 5.74) is 1.47. The third-order valence-corrected chi connectivity index (χ3v) is 3.91. The van der Waals surface area contributed by atoms with Crippen molar-refractivity contribution in [2.75, 3.05) is 20.6 Å². The fourth-order valence-electron chi connectivity index (χ4n) is 2.92. The molecular weight excluding hydrogens is 242 g/mol. The van der Waals surface area contributed by atoms with Crippen molar-refractivity contribution in [2.24, 2.45) is 0 Å². The smallest absolute Gasteiger partial charge is 0.00217 e. The third-order valence-electron chi connectivity index (χ3n) is 3.91. The topological polar surface area (TPSA) is 3.24 Å². The first-order valence-corrected chi connectivity index (χ1v) is 7.30. The summed E-state index contributed by atoms with van der Waals surface area (Å²) in [5, 5.41) is 5.50. The monoisotopic (exact) mass is 263 g/mol. The van der Waals surface area contributed by atoms with E-state index in [4.69, 9.17) is 0 Å². The van der Waals surface area contributed by atoms with Crippen LogP contribution in [0.2, 0.25) is 0 Å². The minimum absolute atomic E-state index is 1.14. The third kappa shape index (κ3) is 2.54. The van der Waals surface area contributed by atoms with Gasteiger partial charge < -0.3 is 4.90 Å². The van der Waals surface area contributed by atoms with E-state index >= 15 is 0 Å². The highest BCUT2D eigenvalue weighted by atomic mass is 15.0. The van der Waals surface area contributed by atoms with Gasteiger partial charge in [0.2, 0.25) is 0 Å². The molecule has 0 saturated heterocycles. The van der Waals surface area contributed by atoms with Gasteiger partial charge in [0.05, 0.1) is 0 Å². The van der Waals surface area contributed by atoms with Gasteiger partial charge in [-0.1, -0.05) is 54.6 Å². The lowest BCUT2D eigenvalue weighted by Gasteiger charge is -2.12. The summed E-state index contributed by atoms with van der Waals surface area (Å²) in [6.07, 6.45) is 2.35. The molecule has 0 N–H and O–H groups in total. The number of aryl methyl sites for hydroxylation is 1. The van der Waals surface area contributed by atoms with Gasteiger partial charge in [-0.3, -0.25) is 0 Å². The lowest BCUT2D eigenvalue weighted by molar-refractivity contribution is 0.400. The quantitative estimate of drug-likeness (QED) is 0.627. The van der Waals surface area contributed by atoms with Crippen molar-refractivity contribution < 1.29 is 0 Å². The SMILES string of the molecule is CN(C)CCCc1cc2ccccc2c2ccccc12. The second-order valence-corrected chi connectivity index (χ2v) is 5.71. The van der Waals surface area contributed by atoms with Crippen LogP contribution in [-0.4, -0.2) is 25.5 Å². The Morgan fingerprint density at radius 1 is 0.800 bits per heavy atom. The van der Waals surface area contributed by atoms with Crippen LogP contribution in [0.25, 0.3) is 21.5 Å². The number of benzene rings is 3. The van der Waals surface area contributed by atoms with E-state index in [1.807, 2.05) is 0 Å². The molecule has 0 fully saturated rings. The van der Waals surface area contributed by atoms with E-state index in [9.17, 15) is 0 Å². The van der Waals surface area contributed by atoms with E-state index in [0.717, 1.165) is 13.0 Å². The summed E-state index contributed by atoms with van der Waals surface area (Å²) < 4.78 is 0. The first-order valence-electron chi connectivity index (χ1n) is 7.30. The highest BCUT2D eigenvalue weighted by molar-refractivity contribution is 6.08. The Bertz CT molecular complexity index is 728. The number of hydrogen-bond donors (Lipinski definition) is 0. The Morgan fingerprint density at radius 2 is 1.45 bits per heavy atom. The summed E-state index contributed by atoms with van der Waals surface area (Å²) in [6, 6.07) is 19.8. The largest absolute Gasteiger partial charge is 0.309 e. The van der Waals surface area contributed by atoms with E-state index in [0.29, 0.717) is 0 Å². The van der Waals surface area contributed by atoms with Crippen LogP contribution in [0.5, 0.6) is 0 Å². The minimum Gasteiger partial charge on any atom is -0.309 e. The average Bonchev–Trinajstić information content (AvgIpc) is 2.47. The van der Waals surface area contributed by atoms with Crippen molar-refractivity contribution in [3.05, 3.63) is 60.2 Å². The predicted octanol–water partition coefficient (Wildman–Crippen LogP) is 4.49. The van der Waals surface area contributed by atoms with Crippen LogP contribution in [-0.2, 0) is 6.42 Å². The summed E-state index contributed by atoms with van der Waals surface area (Å²) in [4.78, 5) is 2.25. The van der Waals surface area contributed by atoms with Crippen molar-refractivity contribution in [3.63, 3.8) is 0 Å². The highest BCUT2D eigenvalue weighted by Crippen LogP contribution is 2.29. The summed E-state index contributed by atoms with van der Waals surface area (Å²) in [5.74, 6) is 0. The molecule has 0 unspecified atom stereocenters. The molecule has 0 amide bonds. The van der Waals surface area contributed by atoms with Gasteiger partial charge in [-0.2, -0.15) is 0 Å². The zero-order valence-corrected chi connectivity index (χ0v) is 12.3. The van der Waals surface area contributed by atoms with Crippen LogP contribution in [0.15, 0.2) is 54.6 Å². The number of nitrogens with zero attached hydrogens (tertiary/aromatic N) is 1. The highest BCUT2D eigenvalue weighted by Gasteiger charge is 2.06. The maximum absolute atomic E-state index is 2.37. The van der Waals surface area contributed by atoms with Gasteiger partial charge in [-0.15, -0.1) is 0 Å². The minimum atomic E-state index is 1.14. The Hall–Kier alpha value is -1.86. The fourth-order valence-corrected chi connectivity index (χ4v) is 2.92. The summed E-state index contributed by atoms with van der Waals surface area (Å²) in [7, 11) is 4.27. The van der Waals surface area contributed by atoms with Crippen LogP contribution in [0.4, 0.5) is 0 Å². The van der Waals surface area contributed by atoms with Gasteiger partial charge in [0, 0.05) is 0 Å². The Morgan fingerprint density at radius 3 is 2.20 bits per heavy atom. The van der Waals surface area contributed by atoms with E-state index in [1.165, 1.54) is 33.5 Å². The molecule has 3 rings (SSSR count). The molecule has 0 bridgehead atoms. The zero-order chi connectivity index (χ0) is 13.9. The van der Waals surface area contributed by atoms with Gasteiger partial charge in [0.1, 0.15) is 0 Å². The maximum Gasteiger partial charge on any atom is -0.00217 e. The van der Waals surface area contributed by atoms with E-state index in [-0.39, 0.29) is 0 Å². The second kappa shape index (κ2) is 5.64. The zero-order valence-electron chi connectivity index (χ0n) is 12.3. The average molecular weight is 263 g/mol. The number of fused-ring (bicyclic) bond motifs is 3. The maximum atomic E-state index is 2.37. The molecule has 0 atom stereocenters. The molecule has 3 aromatic carbocycles. The molecule has 1 nitrogen and oxygen atoms in total. The van der Waals surface area contributed by atoms with Gasteiger partial charge >= 0.3 is 0 Å². The Labute approximate surface area is 120 Å². The fraction of sp³-hybridized carbons (Fsp3) is 0.263.